The van der Waals surface area contributed by atoms with Crippen LogP contribution in [0.25, 0.3) is 5.69 Å². The average Bonchev–Trinajstić information content (AvgIpc) is 2.72. The van der Waals surface area contributed by atoms with Crippen molar-refractivity contribution in [3.05, 3.63) is 62.9 Å². The Morgan fingerprint density at radius 1 is 1.31 bits per heavy atom. The normalized spacial score (nSPS) is 14.8. The molecule has 1 aromatic heterocycles. The number of carbonyl (C=O) groups excluding carboxylic acids is 1. The van der Waals surface area contributed by atoms with Gasteiger partial charge in [-0.15, -0.1) is 5.10 Å². The molecule has 154 valence electrons. The second kappa shape index (κ2) is 9.74. The van der Waals surface area contributed by atoms with Gasteiger partial charge in [0.1, 0.15) is 0 Å². The number of allylic oxidation sites excluding steroid dienone is 1. The van der Waals surface area contributed by atoms with E-state index in [1.54, 1.807) is 19.1 Å². The molecular formula is C22H26ClN3O3. The molecule has 1 aliphatic rings. The predicted octanol–water partition coefficient (Wildman–Crippen LogP) is 3.97. The molecule has 0 fully saturated rings. The summed E-state index contributed by atoms with van der Waals surface area (Å²) in [5, 5.41) is 7.67. The number of nitrogens with one attached hydrogen (secondary N) is 1. The van der Waals surface area contributed by atoms with Crippen LogP contribution in [0.1, 0.15) is 44.6 Å². The summed E-state index contributed by atoms with van der Waals surface area (Å²) >= 11 is 6.06. The molecule has 0 saturated carbocycles. The molecule has 0 saturated heterocycles. The molecule has 0 bridgehead atoms. The molecule has 6 nitrogen and oxygen atoms in total. The van der Waals surface area contributed by atoms with Crippen molar-refractivity contribution >= 4 is 17.5 Å². The van der Waals surface area contributed by atoms with Crippen LogP contribution >= 0.6 is 11.6 Å². The number of aryl methyl sites for hydroxylation is 1. The van der Waals surface area contributed by atoms with E-state index in [-0.39, 0.29) is 17.3 Å². The SMILES string of the molecule is Cc1ccc(Cl)cc1-n1nc(O[C@H](C)C(=O)NCCC2=CCCCC2)ccc1=O. The van der Waals surface area contributed by atoms with Crippen LogP contribution in [-0.2, 0) is 4.79 Å². The van der Waals surface area contributed by atoms with Crippen LogP contribution in [0.4, 0.5) is 0 Å². The molecular weight excluding hydrogens is 390 g/mol. The number of aromatic nitrogens is 2. The average molecular weight is 416 g/mol. The number of ether oxygens (including phenoxy) is 1. The lowest BCUT2D eigenvalue weighted by molar-refractivity contribution is -0.127. The number of hydrogen-bond acceptors (Lipinski definition) is 4. The third-order valence-electron chi connectivity index (χ3n) is 4.97. The summed E-state index contributed by atoms with van der Waals surface area (Å²) in [5.41, 5.74) is 2.53. The van der Waals surface area contributed by atoms with E-state index >= 15 is 0 Å². The highest BCUT2D eigenvalue weighted by atomic mass is 35.5. The van der Waals surface area contributed by atoms with Gasteiger partial charge in [0, 0.05) is 23.7 Å². The van der Waals surface area contributed by atoms with Gasteiger partial charge >= 0.3 is 0 Å². The number of carbonyl (C=O) groups is 1. The summed E-state index contributed by atoms with van der Waals surface area (Å²) in [4.78, 5) is 24.6. The van der Waals surface area contributed by atoms with Crippen LogP contribution in [0.2, 0.25) is 5.02 Å². The van der Waals surface area contributed by atoms with Gasteiger partial charge in [-0.25, -0.2) is 0 Å². The summed E-state index contributed by atoms with van der Waals surface area (Å²) in [5.74, 6) is -0.0125. The minimum atomic E-state index is -0.728. The minimum Gasteiger partial charge on any atom is -0.464 e. The van der Waals surface area contributed by atoms with E-state index in [1.807, 2.05) is 13.0 Å². The lowest BCUT2D eigenvalue weighted by Gasteiger charge is -2.16. The maximum absolute atomic E-state index is 12.3. The van der Waals surface area contributed by atoms with Gasteiger partial charge in [0.05, 0.1) is 5.69 Å². The maximum Gasteiger partial charge on any atom is 0.271 e. The number of hydrogen-bond donors (Lipinski definition) is 1. The fraction of sp³-hybridized carbons (Fsp3) is 0.409. The number of halogens is 1. The number of nitrogens with zero attached hydrogens (tertiary/aromatic N) is 2. The quantitative estimate of drug-likeness (QED) is 0.694. The van der Waals surface area contributed by atoms with Crippen molar-refractivity contribution < 1.29 is 9.53 Å². The minimum absolute atomic E-state index is 0.196. The summed E-state index contributed by atoms with van der Waals surface area (Å²) in [6.45, 7) is 4.12. The fourth-order valence-electron chi connectivity index (χ4n) is 3.30. The fourth-order valence-corrected chi connectivity index (χ4v) is 3.46. The third kappa shape index (κ3) is 5.70. The number of amides is 1. The second-order valence-electron chi connectivity index (χ2n) is 7.26. The third-order valence-corrected chi connectivity index (χ3v) is 5.21. The summed E-state index contributed by atoms with van der Waals surface area (Å²) in [6.07, 6.45) is 7.16. The van der Waals surface area contributed by atoms with Crippen molar-refractivity contribution in [2.75, 3.05) is 6.54 Å². The largest absolute Gasteiger partial charge is 0.464 e. The Balaban J connectivity index is 1.63. The molecule has 7 heteroatoms. The maximum atomic E-state index is 12.3. The molecule has 1 heterocycles. The van der Waals surface area contributed by atoms with Gasteiger partial charge in [-0.3, -0.25) is 9.59 Å². The van der Waals surface area contributed by atoms with E-state index in [2.05, 4.69) is 16.5 Å². The van der Waals surface area contributed by atoms with Crippen molar-refractivity contribution in [2.24, 2.45) is 0 Å². The van der Waals surface area contributed by atoms with Gasteiger partial charge < -0.3 is 10.1 Å². The zero-order valence-corrected chi connectivity index (χ0v) is 17.5. The molecule has 1 N–H and O–H groups in total. The van der Waals surface area contributed by atoms with Crippen molar-refractivity contribution in [1.29, 1.82) is 0 Å². The van der Waals surface area contributed by atoms with E-state index < -0.39 is 6.10 Å². The first-order chi connectivity index (χ1) is 13.9. The Hall–Kier alpha value is -2.60. The lowest BCUT2D eigenvalue weighted by Crippen LogP contribution is -2.37. The van der Waals surface area contributed by atoms with Gasteiger partial charge in [0.15, 0.2) is 6.10 Å². The van der Waals surface area contributed by atoms with Gasteiger partial charge in [-0.05, 0) is 63.6 Å². The molecule has 1 aliphatic carbocycles. The highest BCUT2D eigenvalue weighted by molar-refractivity contribution is 6.30. The van der Waals surface area contributed by atoms with Crippen molar-refractivity contribution in [2.45, 2.75) is 52.1 Å². The molecule has 29 heavy (non-hydrogen) atoms. The molecule has 1 aromatic carbocycles. The summed E-state index contributed by atoms with van der Waals surface area (Å²) < 4.78 is 6.91. The molecule has 1 amide bonds. The highest BCUT2D eigenvalue weighted by Crippen LogP contribution is 2.20. The molecule has 0 unspecified atom stereocenters. The van der Waals surface area contributed by atoms with Crippen LogP contribution in [0.3, 0.4) is 0 Å². The molecule has 0 aliphatic heterocycles. The van der Waals surface area contributed by atoms with Gasteiger partial charge in [-0.1, -0.05) is 29.3 Å². The second-order valence-corrected chi connectivity index (χ2v) is 7.70. The molecule has 3 rings (SSSR count). The van der Waals surface area contributed by atoms with Gasteiger partial charge in [0.2, 0.25) is 5.88 Å². The van der Waals surface area contributed by atoms with Crippen LogP contribution in [0.15, 0.2) is 46.8 Å². The van der Waals surface area contributed by atoms with Crippen molar-refractivity contribution in [3.8, 4) is 11.6 Å². The summed E-state index contributed by atoms with van der Waals surface area (Å²) in [7, 11) is 0. The first-order valence-corrected chi connectivity index (χ1v) is 10.3. The zero-order chi connectivity index (χ0) is 20.8. The van der Waals surface area contributed by atoms with E-state index in [0.717, 1.165) is 24.8 Å². The van der Waals surface area contributed by atoms with Crippen LogP contribution in [-0.4, -0.2) is 28.3 Å². The molecule has 1 atom stereocenters. The Labute approximate surface area is 175 Å². The van der Waals surface area contributed by atoms with E-state index in [0.29, 0.717) is 17.3 Å². The van der Waals surface area contributed by atoms with E-state index in [9.17, 15) is 9.59 Å². The van der Waals surface area contributed by atoms with Crippen molar-refractivity contribution in [3.63, 3.8) is 0 Å². The van der Waals surface area contributed by atoms with Crippen molar-refractivity contribution in [1.82, 2.24) is 15.1 Å². The first-order valence-electron chi connectivity index (χ1n) is 9.93. The topological polar surface area (TPSA) is 73.2 Å². The van der Waals surface area contributed by atoms with Crippen LogP contribution in [0.5, 0.6) is 5.88 Å². The van der Waals surface area contributed by atoms with Crippen LogP contribution < -0.4 is 15.6 Å². The lowest BCUT2D eigenvalue weighted by atomic mass is 9.97. The monoisotopic (exact) mass is 415 g/mol. The first kappa shape index (κ1) is 21.1. The zero-order valence-electron chi connectivity index (χ0n) is 16.8. The van der Waals surface area contributed by atoms with Crippen LogP contribution in [0, 0.1) is 6.92 Å². The Morgan fingerprint density at radius 2 is 2.14 bits per heavy atom. The highest BCUT2D eigenvalue weighted by Gasteiger charge is 2.16. The van der Waals surface area contributed by atoms with E-state index in [4.69, 9.17) is 16.3 Å². The predicted molar refractivity (Wildman–Crippen MR) is 114 cm³/mol. The Kier molecular flexibility index (Phi) is 7.09. The standard InChI is InChI=1S/C22H26ClN3O3/c1-15-8-9-18(23)14-19(15)26-21(27)11-10-20(25-26)29-16(2)22(28)24-13-12-17-6-4-3-5-7-17/h6,8-11,14,16H,3-5,7,12-13H2,1-2H3,(H,24,28)/t16-/m1/s1. The summed E-state index contributed by atoms with van der Waals surface area (Å²) in [6, 6.07) is 8.07. The molecule has 2 aromatic rings. The number of rotatable bonds is 7. The van der Waals surface area contributed by atoms with Gasteiger partial charge in [0.25, 0.3) is 11.5 Å². The van der Waals surface area contributed by atoms with Gasteiger partial charge in [-0.2, -0.15) is 4.68 Å². The number of benzene rings is 1. The Bertz CT molecular complexity index is 968. The molecule has 0 radical (unpaired) electrons. The van der Waals surface area contributed by atoms with E-state index in [1.165, 1.54) is 35.2 Å². The smallest absolute Gasteiger partial charge is 0.271 e. The molecule has 0 spiro atoms. The Morgan fingerprint density at radius 3 is 2.90 bits per heavy atom.